The summed E-state index contributed by atoms with van der Waals surface area (Å²) in [6, 6.07) is 7.84. The Morgan fingerprint density at radius 1 is 1.10 bits per heavy atom. The molecule has 0 saturated heterocycles. The second-order valence-electron chi connectivity index (χ2n) is 8.48. The van der Waals surface area contributed by atoms with Crippen molar-refractivity contribution in [1.29, 1.82) is 0 Å². The molecule has 0 aliphatic heterocycles. The van der Waals surface area contributed by atoms with E-state index in [0.29, 0.717) is 11.7 Å². The van der Waals surface area contributed by atoms with Crippen LogP contribution in [0.5, 0.6) is 5.75 Å². The number of aromatic nitrogens is 1. The maximum absolute atomic E-state index is 13.5. The van der Waals surface area contributed by atoms with Crippen LogP contribution < -0.4 is 10.3 Å². The van der Waals surface area contributed by atoms with Crippen molar-refractivity contribution in [2.75, 3.05) is 20.2 Å². The molecule has 1 amide bonds. The maximum Gasteiger partial charge on any atom is 0.255 e. The van der Waals surface area contributed by atoms with Crippen LogP contribution in [0.3, 0.4) is 0 Å². The van der Waals surface area contributed by atoms with Crippen molar-refractivity contribution in [2.45, 2.75) is 77.7 Å². The molecule has 0 bridgehead atoms. The zero-order valence-corrected chi connectivity index (χ0v) is 18.8. The average Bonchev–Trinajstić information content (AvgIpc) is 3.29. The normalized spacial score (nSPS) is 14.4. The number of nitrogens with zero attached hydrogens (tertiary/aromatic N) is 2. The predicted molar refractivity (Wildman–Crippen MR) is 122 cm³/mol. The summed E-state index contributed by atoms with van der Waals surface area (Å²) in [6.45, 7) is 5.88. The van der Waals surface area contributed by atoms with E-state index in [1.807, 2.05) is 29.2 Å². The highest BCUT2D eigenvalue weighted by molar-refractivity contribution is 5.84. The number of rotatable bonds is 10. The molecule has 5 nitrogen and oxygen atoms in total. The molecule has 0 radical (unpaired) electrons. The summed E-state index contributed by atoms with van der Waals surface area (Å²) in [5, 5.41) is 0.999. The highest BCUT2D eigenvalue weighted by atomic mass is 16.5. The molecular formula is C25H36N2O3. The third-order valence-corrected chi connectivity index (χ3v) is 6.34. The van der Waals surface area contributed by atoms with Crippen LogP contribution in [0.4, 0.5) is 0 Å². The monoisotopic (exact) mass is 412 g/mol. The number of hydrogen-bond acceptors (Lipinski definition) is 3. The number of ether oxygens (including phenoxy) is 1. The smallest absolute Gasteiger partial charge is 0.255 e. The lowest BCUT2D eigenvalue weighted by Crippen LogP contribution is -2.38. The standard InChI is InChI=1S/C25H36N2O3/c1-4-6-14-26(15-7-5-2)24(28)18-27-23-17-21(30-3)13-12-20(23)16-22(25(27)29)19-10-8-9-11-19/h12-13,16-17,19H,4-11,14-15,18H2,1-3H3. The van der Waals surface area contributed by atoms with E-state index in [4.69, 9.17) is 4.74 Å². The number of carbonyl (C=O) groups excluding carboxylic acids is 1. The molecule has 1 heterocycles. The van der Waals surface area contributed by atoms with Crippen LogP contribution in [0.15, 0.2) is 29.1 Å². The van der Waals surface area contributed by atoms with Crippen molar-refractivity contribution >= 4 is 16.8 Å². The molecule has 0 spiro atoms. The first-order valence-electron chi connectivity index (χ1n) is 11.6. The summed E-state index contributed by atoms with van der Waals surface area (Å²) < 4.78 is 7.09. The van der Waals surface area contributed by atoms with Crippen molar-refractivity contribution in [1.82, 2.24) is 9.47 Å². The quantitative estimate of drug-likeness (QED) is 0.546. The third-order valence-electron chi connectivity index (χ3n) is 6.34. The van der Waals surface area contributed by atoms with Gasteiger partial charge in [0.05, 0.1) is 12.6 Å². The van der Waals surface area contributed by atoms with E-state index in [1.54, 1.807) is 11.7 Å². The first-order chi connectivity index (χ1) is 14.6. The van der Waals surface area contributed by atoms with Crippen LogP contribution in [-0.2, 0) is 11.3 Å². The van der Waals surface area contributed by atoms with Gasteiger partial charge in [0.25, 0.3) is 5.56 Å². The lowest BCUT2D eigenvalue weighted by Gasteiger charge is -2.24. The number of methoxy groups -OCH3 is 1. The summed E-state index contributed by atoms with van der Waals surface area (Å²) in [5.74, 6) is 1.04. The number of pyridine rings is 1. The fourth-order valence-electron chi connectivity index (χ4n) is 4.48. The van der Waals surface area contributed by atoms with Crippen molar-refractivity contribution in [2.24, 2.45) is 0 Å². The van der Waals surface area contributed by atoms with Crippen molar-refractivity contribution < 1.29 is 9.53 Å². The molecule has 0 N–H and O–H groups in total. The van der Waals surface area contributed by atoms with Gasteiger partial charge >= 0.3 is 0 Å². The first kappa shape index (κ1) is 22.4. The lowest BCUT2D eigenvalue weighted by molar-refractivity contribution is -0.132. The van der Waals surface area contributed by atoms with Gasteiger partial charge in [0.1, 0.15) is 12.3 Å². The number of amides is 1. The zero-order valence-electron chi connectivity index (χ0n) is 18.8. The zero-order chi connectivity index (χ0) is 21.5. The van der Waals surface area contributed by atoms with E-state index >= 15 is 0 Å². The minimum absolute atomic E-state index is 0.0121. The van der Waals surface area contributed by atoms with Crippen LogP contribution in [0.25, 0.3) is 10.9 Å². The fourth-order valence-corrected chi connectivity index (χ4v) is 4.48. The van der Waals surface area contributed by atoms with E-state index in [2.05, 4.69) is 13.8 Å². The molecule has 0 atom stereocenters. The molecule has 0 unspecified atom stereocenters. The summed E-state index contributed by atoms with van der Waals surface area (Å²) >= 11 is 0. The van der Waals surface area contributed by atoms with Gasteiger partial charge in [-0.15, -0.1) is 0 Å². The van der Waals surface area contributed by atoms with E-state index in [-0.39, 0.29) is 18.0 Å². The number of fused-ring (bicyclic) bond motifs is 1. The molecule has 164 valence electrons. The summed E-state index contributed by atoms with van der Waals surface area (Å²) in [7, 11) is 1.62. The molecule has 1 aromatic heterocycles. The molecule has 30 heavy (non-hydrogen) atoms. The van der Waals surface area contributed by atoms with E-state index < -0.39 is 0 Å². The Kier molecular flexibility index (Phi) is 7.94. The Labute approximate surface area is 180 Å². The molecule has 1 fully saturated rings. The summed E-state index contributed by atoms with van der Waals surface area (Å²) in [4.78, 5) is 28.7. The first-order valence-corrected chi connectivity index (χ1v) is 11.6. The molecule has 1 aliphatic rings. The average molecular weight is 413 g/mol. The van der Waals surface area contributed by atoms with E-state index in [0.717, 1.165) is 68.1 Å². The minimum Gasteiger partial charge on any atom is -0.497 e. The Hall–Kier alpha value is -2.30. The van der Waals surface area contributed by atoms with E-state index in [1.165, 1.54) is 12.8 Å². The Morgan fingerprint density at radius 3 is 2.37 bits per heavy atom. The van der Waals surface area contributed by atoms with Crippen LogP contribution in [0, 0.1) is 0 Å². The van der Waals surface area contributed by atoms with Crippen LogP contribution in [0.2, 0.25) is 0 Å². The Bertz CT molecular complexity index is 904. The largest absolute Gasteiger partial charge is 0.497 e. The molecule has 2 aromatic rings. The SMILES string of the molecule is CCCCN(CCCC)C(=O)Cn1c(=O)c(C2CCCC2)cc2ccc(OC)cc21. The summed E-state index contributed by atoms with van der Waals surface area (Å²) in [6.07, 6.45) is 8.54. The third kappa shape index (κ3) is 5.05. The van der Waals surface area contributed by atoms with Crippen molar-refractivity contribution in [3.63, 3.8) is 0 Å². The molecule has 1 aliphatic carbocycles. The van der Waals surface area contributed by atoms with Gasteiger partial charge in [0.15, 0.2) is 0 Å². The molecular weight excluding hydrogens is 376 g/mol. The van der Waals surface area contributed by atoms with Gasteiger partial charge in [-0.2, -0.15) is 0 Å². The lowest BCUT2D eigenvalue weighted by atomic mass is 9.97. The van der Waals surface area contributed by atoms with Gasteiger partial charge in [-0.1, -0.05) is 39.5 Å². The second-order valence-corrected chi connectivity index (χ2v) is 8.48. The minimum atomic E-state index is -0.0121. The summed E-state index contributed by atoms with van der Waals surface area (Å²) in [5.41, 5.74) is 1.63. The molecule has 3 rings (SSSR count). The topological polar surface area (TPSA) is 51.5 Å². The van der Waals surface area contributed by atoms with Crippen LogP contribution in [0.1, 0.15) is 76.7 Å². The molecule has 1 aromatic carbocycles. The van der Waals surface area contributed by atoms with Gasteiger partial charge in [-0.05, 0) is 55.2 Å². The predicted octanol–water partition coefficient (Wildman–Crippen LogP) is 5.10. The Balaban J connectivity index is 2.01. The highest BCUT2D eigenvalue weighted by Gasteiger charge is 2.23. The fraction of sp³-hybridized carbons (Fsp3) is 0.600. The van der Waals surface area contributed by atoms with Gasteiger partial charge in [0, 0.05) is 24.7 Å². The number of carbonyl (C=O) groups is 1. The second kappa shape index (κ2) is 10.6. The maximum atomic E-state index is 13.5. The Morgan fingerprint density at radius 2 is 1.77 bits per heavy atom. The van der Waals surface area contributed by atoms with Gasteiger partial charge in [-0.3, -0.25) is 14.2 Å². The highest BCUT2D eigenvalue weighted by Crippen LogP contribution is 2.34. The van der Waals surface area contributed by atoms with Gasteiger partial charge in [0.2, 0.25) is 5.91 Å². The number of hydrogen-bond donors (Lipinski definition) is 0. The molecule has 5 heteroatoms. The van der Waals surface area contributed by atoms with Gasteiger partial charge < -0.3 is 9.64 Å². The number of benzene rings is 1. The van der Waals surface area contributed by atoms with Crippen LogP contribution in [-0.4, -0.2) is 35.6 Å². The van der Waals surface area contributed by atoms with Gasteiger partial charge in [-0.25, -0.2) is 0 Å². The van der Waals surface area contributed by atoms with Crippen molar-refractivity contribution in [3.05, 3.63) is 40.2 Å². The van der Waals surface area contributed by atoms with E-state index in [9.17, 15) is 9.59 Å². The van der Waals surface area contributed by atoms with Crippen molar-refractivity contribution in [3.8, 4) is 5.75 Å². The number of unbranched alkanes of at least 4 members (excludes halogenated alkanes) is 2. The van der Waals surface area contributed by atoms with Crippen LogP contribution >= 0.6 is 0 Å². The molecule has 1 saturated carbocycles.